The van der Waals surface area contributed by atoms with Crippen LogP contribution in [-0.4, -0.2) is 11.7 Å². The van der Waals surface area contributed by atoms with Crippen LogP contribution in [-0.2, 0) is 11.2 Å². The van der Waals surface area contributed by atoms with Crippen molar-refractivity contribution in [1.29, 1.82) is 0 Å². The van der Waals surface area contributed by atoms with Crippen molar-refractivity contribution in [2.75, 3.05) is 0 Å². The fourth-order valence-electron chi connectivity index (χ4n) is 2.32. The van der Waals surface area contributed by atoms with Crippen molar-refractivity contribution in [3.8, 4) is 0 Å². The lowest BCUT2D eigenvalue weighted by atomic mass is 10.1. The standard InChI is InChI=1S/C18H13Cl2FN2O/c19-13-5-4-12(15(20)10-13)9-16-18(24)23-17(22-16)8-3-11-1-6-14(21)7-2-11/h1-2,4-7,9-10H,3,8H2,(H,22,23,24)/b16-9-. The first-order chi connectivity index (χ1) is 11.5. The van der Waals surface area contributed by atoms with Gasteiger partial charge in [-0.25, -0.2) is 9.38 Å². The number of benzene rings is 2. The predicted octanol–water partition coefficient (Wildman–Crippen LogP) is 4.63. The topological polar surface area (TPSA) is 41.5 Å². The van der Waals surface area contributed by atoms with Crippen LogP contribution in [0.15, 0.2) is 53.2 Å². The highest BCUT2D eigenvalue weighted by molar-refractivity contribution is 6.35. The minimum Gasteiger partial charge on any atom is -0.309 e. The molecule has 0 radical (unpaired) electrons. The Hall–Kier alpha value is -2.17. The summed E-state index contributed by atoms with van der Waals surface area (Å²) in [6, 6.07) is 11.3. The number of amides is 1. The molecule has 0 bridgehead atoms. The van der Waals surface area contributed by atoms with Crippen LogP contribution < -0.4 is 5.32 Å². The fraction of sp³-hybridized carbons (Fsp3) is 0.111. The molecule has 0 aromatic heterocycles. The quantitative estimate of drug-likeness (QED) is 0.791. The van der Waals surface area contributed by atoms with Gasteiger partial charge in [-0.05, 0) is 47.9 Å². The normalized spacial score (nSPS) is 15.5. The lowest BCUT2D eigenvalue weighted by Gasteiger charge is -2.01. The van der Waals surface area contributed by atoms with Gasteiger partial charge in [0.05, 0.1) is 0 Å². The molecule has 1 aliphatic heterocycles. The van der Waals surface area contributed by atoms with Crippen molar-refractivity contribution in [3.05, 3.63) is 75.2 Å². The summed E-state index contributed by atoms with van der Waals surface area (Å²) < 4.78 is 12.9. The predicted molar refractivity (Wildman–Crippen MR) is 94.7 cm³/mol. The molecule has 2 aromatic carbocycles. The molecule has 2 aromatic rings. The van der Waals surface area contributed by atoms with Gasteiger partial charge in [-0.3, -0.25) is 4.79 Å². The van der Waals surface area contributed by atoms with Crippen molar-refractivity contribution >= 4 is 41.0 Å². The van der Waals surface area contributed by atoms with Gasteiger partial charge in [-0.15, -0.1) is 0 Å². The molecule has 0 saturated carbocycles. The Morgan fingerprint density at radius 2 is 1.83 bits per heavy atom. The number of halogens is 3. The summed E-state index contributed by atoms with van der Waals surface area (Å²) in [6.07, 6.45) is 2.84. The van der Waals surface area contributed by atoms with Crippen LogP contribution in [0.2, 0.25) is 10.0 Å². The van der Waals surface area contributed by atoms with E-state index in [9.17, 15) is 9.18 Å². The smallest absolute Gasteiger partial charge is 0.275 e. The minimum atomic E-state index is -0.268. The van der Waals surface area contributed by atoms with E-state index in [1.807, 2.05) is 0 Å². The van der Waals surface area contributed by atoms with Crippen molar-refractivity contribution in [1.82, 2.24) is 5.32 Å². The number of aryl methyl sites for hydroxylation is 1. The minimum absolute atomic E-state index is 0.268. The van der Waals surface area contributed by atoms with E-state index < -0.39 is 0 Å². The first kappa shape index (κ1) is 16.7. The Morgan fingerprint density at radius 3 is 2.54 bits per heavy atom. The first-order valence-corrected chi connectivity index (χ1v) is 8.07. The maximum absolute atomic E-state index is 12.9. The average molecular weight is 363 g/mol. The van der Waals surface area contributed by atoms with Gasteiger partial charge in [0.15, 0.2) is 0 Å². The van der Waals surface area contributed by atoms with E-state index in [0.29, 0.717) is 40.0 Å². The number of rotatable bonds is 4. The third-order valence-corrected chi connectivity index (χ3v) is 4.13. The third-order valence-electron chi connectivity index (χ3n) is 3.56. The molecular weight excluding hydrogens is 350 g/mol. The second kappa shape index (κ2) is 7.16. The van der Waals surface area contributed by atoms with Crippen LogP contribution >= 0.6 is 23.2 Å². The van der Waals surface area contributed by atoms with Crippen LogP contribution in [0, 0.1) is 5.82 Å². The highest BCUT2D eigenvalue weighted by Crippen LogP contribution is 2.24. The summed E-state index contributed by atoms with van der Waals surface area (Å²) in [7, 11) is 0. The molecule has 3 nitrogen and oxygen atoms in total. The zero-order valence-corrected chi connectivity index (χ0v) is 14.0. The molecule has 0 atom stereocenters. The third kappa shape index (κ3) is 4.02. The highest BCUT2D eigenvalue weighted by atomic mass is 35.5. The van der Waals surface area contributed by atoms with Crippen molar-refractivity contribution in [2.24, 2.45) is 4.99 Å². The molecule has 0 unspecified atom stereocenters. The van der Waals surface area contributed by atoms with E-state index >= 15 is 0 Å². The van der Waals surface area contributed by atoms with E-state index in [0.717, 1.165) is 5.56 Å². The molecule has 3 rings (SSSR count). The van der Waals surface area contributed by atoms with Gasteiger partial charge in [0, 0.05) is 16.5 Å². The highest BCUT2D eigenvalue weighted by Gasteiger charge is 2.20. The van der Waals surface area contributed by atoms with E-state index in [1.165, 1.54) is 12.1 Å². The number of amidine groups is 1. The molecule has 1 amide bonds. The zero-order valence-electron chi connectivity index (χ0n) is 12.5. The maximum atomic E-state index is 12.9. The van der Waals surface area contributed by atoms with Crippen LogP contribution in [0.1, 0.15) is 17.5 Å². The fourth-order valence-corrected chi connectivity index (χ4v) is 2.78. The lowest BCUT2D eigenvalue weighted by molar-refractivity contribution is -0.115. The number of nitrogens with one attached hydrogen (secondary N) is 1. The molecule has 122 valence electrons. The van der Waals surface area contributed by atoms with Gasteiger partial charge < -0.3 is 5.32 Å². The lowest BCUT2D eigenvalue weighted by Crippen LogP contribution is -2.24. The maximum Gasteiger partial charge on any atom is 0.275 e. The zero-order chi connectivity index (χ0) is 17.1. The average Bonchev–Trinajstić information content (AvgIpc) is 2.89. The Morgan fingerprint density at radius 1 is 1.08 bits per heavy atom. The second-order valence-corrected chi connectivity index (χ2v) is 6.18. The van der Waals surface area contributed by atoms with E-state index in [4.69, 9.17) is 23.2 Å². The van der Waals surface area contributed by atoms with Crippen LogP contribution in [0.5, 0.6) is 0 Å². The summed E-state index contributed by atoms with van der Waals surface area (Å²) in [6.45, 7) is 0. The molecule has 0 spiro atoms. The molecule has 0 saturated heterocycles. The number of carbonyl (C=O) groups is 1. The molecule has 0 aliphatic carbocycles. The van der Waals surface area contributed by atoms with Crippen molar-refractivity contribution in [3.63, 3.8) is 0 Å². The molecule has 6 heteroatoms. The second-order valence-electron chi connectivity index (χ2n) is 5.33. The van der Waals surface area contributed by atoms with Gasteiger partial charge in [0.1, 0.15) is 17.3 Å². The van der Waals surface area contributed by atoms with Crippen molar-refractivity contribution in [2.45, 2.75) is 12.8 Å². The molecule has 1 aliphatic rings. The summed E-state index contributed by atoms with van der Waals surface area (Å²) in [4.78, 5) is 16.3. The Labute approximate surface area is 148 Å². The van der Waals surface area contributed by atoms with Gasteiger partial charge in [-0.1, -0.05) is 41.4 Å². The Bertz CT molecular complexity index is 845. The molecule has 1 N–H and O–H groups in total. The van der Waals surface area contributed by atoms with Gasteiger partial charge in [0.25, 0.3) is 5.91 Å². The molecule has 1 heterocycles. The van der Waals surface area contributed by atoms with E-state index in [1.54, 1.807) is 36.4 Å². The summed E-state index contributed by atoms with van der Waals surface area (Å²) >= 11 is 12.0. The summed E-state index contributed by atoms with van der Waals surface area (Å²) in [5.74, 6) is 0.0473. The van der Waals surface area contributed by atoms with Crippen LogP contribution in [0.3, 0.4) is 0 Å². The SMILES string of the molecule is O=C1NC(CCc2ccc(F)cc2)=N/C1=C\c1ccc(Cl)cc1Cl. The Kier molecular flexibility index (Phi) is 4.97. The number of hydrogen-bond donors (Lipinski definition) is 1. The monoisotopic (exact) mass is 362 g/mol. The number of hydrogen-bond acceptors (Lipinski definition) is 2. The van der Waals surface area contributed by atoms with Crippen molar-refractivity contribution < 1.29 is 9.18 Å². The largest absolute Gasteiger partial charge is 0.309 e. The van der Waals surface area contributed by atoms with Gasteiger partial charge in [0.2, 0.25) is 0 Å². The van der Waals surface area contributed by atoms with E-state index in [2.05, 4.69) is 10.3 Å². The number of nitrogens with zero attached hydrogens (tertiary/aromatic N) is 1. The molecular formula is C18H13Cl2FN2O. The van der Waals surface area contributed by atoms with E-state index in [-0.39, 0.29) is 11.7 Å². The number of carbonyl (C=O) groups excluding carboxylic acids is 1. The molecule has 24 heavy (non-hydrogen) atoms. The van der Waals surface area contributed by atoms with Gasteiger partial charge in [-0.2, -0.15) is 0 Å². The van der Waals surface area contributed by atoms with Crippen LogP contribution in [0.25, 0.3) is 6.08 Å². The summed E-state index contributed by atoms with van der Waals surface area (Å²) in [5.41, 5.74) is 1.95. The first-order valence-electron chi connectivity index (χ1n) is 7.31. The summed E-state index contributed by atoms with van der Waals surface area (Å²) in [5, 5.41) is 3.72. The van der Waals surface area contributed by atoms with Gasteiger partial charge >= 0.3 is 0 Å². The molecule has 0 fully saturated rings. The number of aliphatic imine (C=N–C) groups is 1. The Balaban J connectivity index is 1.72. The van der Waals surface area contributed by atoms with Crippen LogP contribution in [0.4, 0.5) is 4.39 Å².